The molecule has 0 saturated carbocycles. The van der Waals surface area contributed by atoms with Crippen molar-refractivity contribution >= 4 is 23.2 Å². The van der Waals surface area contributed by atoms with Crippen LogP contribution in [0.2, 0.25) is 0 Å². The van der Waals surface area contributed by atoms with E-state index in [0.29, 0.717) is 23.4 Å². The molecule has 204 valence electrons. The molecule has 0 spiro atoms. The fraction of sp³-hybridized carbons (Fsp3) is 0.257. The molecule has 0 saturated heterocycles. The first-order valence-electron chi connectivity index (χ1n) is 14.3. The van der Waals surface area contributed by atoms with E-state index in [4.69, 9.17) is 0 Å². The van der Waals surface area contributed by atoms with Crippen LogP contribution in [0, 0.1) is 0 Å². The summed E-state index contributed by atoms with van der Waals surface area (Å²) < 4.78 is 0. The predicted octanol–water partition coefficient (Wildman–Crippen LogP) is 6.82. The Morgan fingerprint density at radius 3 is 2.27 bits per heavy atom. The van der Waals surface area contributed by atoms with Crippen molar-refractivity contribution in [2.45, 2.75) is 45.6 Å². The molecule has 0 bridgehead atoms. The number of unbranched alkanes of at least 4 members (excludes halogenated alkanes) is 1. The van der Waals surface area contributed by atoms with Gasteiger partial charge in [-0.2, -0.15) is 0 Å². The van der Waals surface area contributed by atoms with Gasteiger partial charge in [0.1, 0.15) is 0 Å². The minimum absolute atomic E-state index is 0.138. The van der Waals surface area contributed by atoms with E-state index in [1.54, 1.807) is 6.07 Å². The van der Waals surface area contributed by atoms with Crippen molar-refractivity contribution in [1.82, 2.24) is 5.32 Å². The molecule has 1 aliphatic heterocycles. The lowest BCUT2D eigenvalue weighted by Crippen LogP contribution is -2.33. The molecule has 0 aromatic heterocycles. The lowest BCUT2D eigenvalue weighted by atomic mass is 9.98. The summed E-state index contributed by atoms with van der Waals surface area (Å²) in [6, 6.07) is 32.1. The molecule has 0 atom stereocenters. The van der Waals surface area contributed by atoms with Crippen molar-refractivity contribution in [1.29, 1.82) is 0 Å². The lowest BCUT2D eigenvalue weighted by Gasteiger charge is -2.32. The average molecular weight is 532 g/mol. The Morgan fingerprint density at radius 2 is 1.50 bits per heavy atom. The van der Waals surface area contributed by atoms with E-state index >= 15 is 0 Å². The van der Waals surface area contributed by atoms with E-state index in [0.717, 1.165) is 50.9 Å². The van der Waals surface area contributed by atoms with Gasteiger partial charge in [-0.1, -0.05) is 80.1 Å². The Labute approximate surface area is 237 Å². The summed E-state index contributed by atoms with van der Waals surface area (Å²) in [4.78, 5) is 28.8. The number of carbonyl (C=O) groups is 2. The Morgan fingerprint density at radius 1 is 0.775 bits per heavy atom. The monoisotopic (exact) mass is 531 g/mol. The van der Waals surface area contributed by atoms with Crippen molar-refractivity contribution in [3.8, 4) is 0 Å². The Balaban J connectivity index is 1.34. The van der Waals surface area contributed by atoms with Crippen molar-refractivity contribution < 1.29 is 9.59 Å². The zero-order valence-corrected chi connectivity index (χ0v) is 23.2. The van der Waals surface area contributed by atoms with Gasteiger partial charge in [0.15, 0.2) is 0 Å². The zero-order valence-electron chi connectivity index (χ0n) is 23.2. The van der Waals surface area contributed by atoms with Gasteiger partial charge < -0.3 is 15.5 Å². The molecule has 4 aromatic rings. The number of aryl methyl sites for hydroxylation is 1. The third-order valence-corrected chi connectivity index (χ3v) is 7.55. The molecule has 0 aliphatic carbocycles. The van der Waals surface area contributed by atoms with Crippen LogP contribution in [0.1, 0.15) is 62.7 Å². The van der Waals surface area contributed by atoms with Crippen LogP contribution in [0.25, 0.3) is 0 Å². The molecule has 0 radical (unpaired) electrons. The normalized spacial score (nSPS) is 12.5. The largest absolute Gasteiger partial charge is 0.366 e. The molecular weight excluding hydrogens is 494 g/mol. The Kier molecular flexibility index (Phi) is 8.92. The van der Waals surface area contributed by atoms with Gasteiger partial charge in [-0.3, -0.25) is 9.59 Å². The molecular formula is C35H37N3O2. The summed E-state index contributed by atoms with van der Waals surface area (Å²) in [5, 5.41) is 6.11. The minimum atomic E-state index is -0.183. The number of hydrogen-bond donors (Lipinski definition) is 2. The number of hydrogen-bond acceptors (Lipinski definition) is 3. The highest BCUT2D eigenvalue weighted by Crippen LogP contribution is 2.30. The fourth-order valence-corrected chi connectivity index (χ4v) is 5.24. The lowest BCUT2D eigenvalue weighted by molar-refractivity contribution is 0.0953. The topological polar surface area (TPSA) is 61.4 Å². The number of rotatable bonds is 10. The maximum atomic E-state index is 13.5. The second kappa shape index (κ2) is 13.1. The Hall–Kier alpha value is -4.38. The molecule has 1 aliphatic rings. The van der Waals surface area contributed by atoms with Crippen LogP contribution < -0.4 is 15.5 Å². The van der Waals surface area contributed by atoms with Gasteiger partial charge in [-0.05, 0) is 78.3 Å². The van der Waals surface area contributed by atoms with E-state index in [-0.39, 0.29) is 11.8 Å². The van der Waals surface area contributed by atoms with Gasteiger partial charge in [-0.25, -0.2) is 0 Å². The van der Waals surface area contributed by atoms with Crippen molar-refractivity contribution in [2.24, 2.45) is 0 Å². The molecule has 5 rings (SSSR count). The fourth-order valence-electron chi connectivity index (χ4n) is 5.24. The van der Waals surface area contributed by atoms with Crippen LogP contribution in [-0.2, 0) is 25.8 Å². The second-order valence-electron chi connectivity index (χ2n) is 10.4. The predicted molar refractivity (Wildman–Crippen MR) is 163 cm³/mol. The standard InChI is InChI=1S/C35H37N3O2/c1-2-3-9-27-14-16-29(17-15-27)34(39)37-31-18-19-33(38-23-21-28-12-7-8-13-30(28)25-38)32(24-31)35(40)36-22-20-26-10-5-4-6-11-26/h4-8,10-19,24H,2-3,9,20-23,25H2,1H3,(H,36,40)(H,37,39). The highest BCUT2D eigenvalue weighted by molar-refractivity contribution is 6.06. The molecule has 40 heavy (non-hydrogen) atoms. The van der Waals surface area contributed by atoms with E-state index in [1.807, 2.05) is 54.6 Å². The first kappa shape index (κ1) is 27.2. The molecule has 2 N–H and O–H groups in total. The van der Waals surface area contributed by atoms with E-state index in [1.165, 1.54) is 22.3 Å². The van der Waals surface area contributed by atoms with Crippen LogP contribution in [0.5, 0.6) is 0 Å². The van der Waals surface area contributed by atoms with Crippen molar-refractivity contribution in [3.05, 3.63) is 130 Å². The molecule has 5 heteroatoms. The highest BCUT2D eigenvalue weighted by Gasteiger charge is 2.22. The number of carbonyl (C=O) groups excluding carboxylic acids is 2. The number of nitrogens with zero attached hydrogens (tertiary/aromatic N) is 1. The van der Waals surface area contributed by atoms with E-state index in [9.17, 15) is 9.59 Å². The van der Waals surface area contributed by atoms with Crippen LogP contribution in [0.15, 0.2) is 97.1 Å². The highest BCUT2D eigenvalue weighted by atomic mass is 16.2. The van der Waals surface area contributed by atoms with Crippen LogP contribution in [-0.4, -0.2) is 24.9 Å². The van der Waals surface area contributed by atoms with Gasteiger partial charge in [0.2, 0.25) is 0 Å². The van der Waals surface area contributed by atoms with E-state index in [2.05, 4.69) is 58.9 Å². The van der Waals surface area contributed by atoms with Crippen LogP contribution in [0.3, 0.4) is 0 Å². The van der Waals surface area contributed by atoms with E-state index < -0.39 is 0 Å². The van der Waals surface area contributed by atoms with Crippen LogP contribution >= 0.6 is 0 Å². The smallest absolute Gasteiger partial charge is 0.255 e. The summed E-state index contributed by atoms with van der Waals surface area (Å²) in [6.07, 6.45) is 4.98. The number of amides is 2. The number of benzene rings is 4. The second-order valence-corrected chi connectivity index (χ2v) is 10.4. The number of nitrogens with one attached hydrogen (secondary N) is 2. The SMILES string of the molecule is CCCCc1ccc(C(=O)Nc2ccc(N3CCc4ccccc4C3)c(C(=O)NCCc3ccccc3)c2)cc1. The molecule has 5 nitrogen and oxygen atoms in total. The zero-order chi connectivity index (χ0) is 27.7. The van der Waals surface area contributed by atoms with Crippen LogP contribution in [0.4, 0.5) is 11.4 Å². The quantitative estimate of drug-likeness (QED) is 0.236. The summed E-state index contributed by atoms with van der Waals surface area (Å²) in [5.41, 5.74) is 7.71. The third-order valence-electron chi connectivity index (χ3n) is 7.55. The maximum Gasteiger partial charge on any atom is 0.255 e. The maximum absolute atomic E-state index is 13.5. The summed E-state index contributed by atoms with van der Waals surface area (Å²) in [6.45, 7) is 4.29. The minimum Gasteiger partial charge on any atom is -0.366 e. The molecule has 4 aromatic carbocycles. The van der Waals surface area contributed by atoms with Gasteiger partial charge in [0.25, 0.3) is 11.8 Å². The van der Waals surface area contributed by atoms with Crippen molar-refractivity contribution in [2.75, 3.05) is 23.3 Å². The first-order chi connectivity index (χ1) is 19.6. The summed E-state index contributed by atoms with van der Waals surface area (Å²) >= 11 is 0. The Bertz CT molecular complexity index is 1450. The van der Waals surface area contributed by atoms with Gasteiger partial charge in [0.05, 0.1) is 5.56 Å². The van der Waals surface area contributed by atoms with Gasteiger partial charge in [0, 0.05) is 36.6 Å². The average Bonchev–Trinajstić information content (AvgIpc) is 3.00. The van der Waals surface area contributed by atoms with Gasteiger partial charge >= 0.3 is 0 Å². The first-order valence-corrected chi connectivity index (χ1v) is 14.3. The van der Waals surface area contributed by atoms with Gasteiger partial charge in [-0.15, -0.1) is 0 Å². The summed E-state index contributed by atoms with van der Waals surface area (Å²) in [7, 11) is 0. The third kappa shape index (κ3) is 6.78. The number of anilines is 2. The molecule has 0 fully saturated rings. The number of fused-ring (bicyclic) bond motifs is 1. The summed E-state index contributed by atoms with van der Waals surface area (Å²) in [5.74, 6) is -0.321. The molecule has 0 unspecified atom stereocenters. The molecule has 2 amide bonds. The molecule has 1 heterocycles. The van der Waals surface area contributed by atoms with Crippen molar-refractivity contribution in [3.63, 3.8) is 0 Å².